The first-order chi connectivity index (χ1) is 46.0. The fourth-order valence-corrected chi connectivity index (χ4v) is 11.9. The van der Waals surface area contributed by atoms with Crippen LogP contribution >= 0.6 is 0 Å². The summed E-state index contributed by atoms with van der Waals surface area (Å²) in [5, 5.41) is 7.14. The van der Waals surface area contributed by atoms with Gasteiger partial charge in [0.1, 0.15) is 61.0 Å². The van der Waals surface area contributed by atoms with E-state index in [0.717, 1.165) is 55.6 Å². The van der Waals surface area contributed by atoms with E-state index in [0.29, 0.717) is 0 Å². The molecule has 1 aliphatic carbocycles. The molecule has 0 aromatic heterocycles. The molecular weight excluding hydrogens is 1190 g/mol. The van der Waals surface area contributed by atoms with Crippen molar-refractivity contribution in [2.75, 3.05) is 26.4 Å². The van der Waals surface area contributed by atoms with Crippen LogP contribution in [0.25, 0.3) is 21.6 Å². The van der Waals surface area contributed by atoms with E-state index in [1.807, 2.05) is 231 Å². The number of hydrogen-bond acceptors (Lipinski definition) is 15. The quantitative estimate of drug-likeness (QED) is 0.0192. The van der Waals surface area contributed by atoms with Crippen LogP contribution < -0.4 is 5.32 Å². The minimum Gasteiger partial charge on any atom is -0.458 e. The molecule has 11 rings (SSSR count). The summed E-state index contributed by atoms with van der Waals surface area (Å²) < 4.78 is 81.6. The number of fused-ring (bicyclic) bond motifs is 3. The van der Waals surface area contributed by atoms with Gasteiger partial charge in [0, 0.05) is 10.8 Å². The van der Waals surface area contributed by atoms with Gasteiger partial charge >= 0.3 is 12.1 Å². The van der Waals surface area contributed by atoms with Crippen molar-refractivity contribution in [3.05, 3.63) is 285 Å². The fraction of sp³-hybridized carbons (Fsp3) is 0.342. The van der Waals surface area contributed by atoms with E-state index in [2.05, 4.69) is 15.3 Å². The molecule has 18 nitrogen and oxygen atoms in total. The zero-order valence-electron chi connectivity index (χ0n) is 53.0. The van der Waals surface area contributed by atoms with Gasteiger partial charge in [0.25, 0.3) is 0 Å². The smallest absolute Gasteiger partial charge is 0.407 e. The van der Waals surface area contributed by atoms with Gasteiger partial charge in [-0.25, -0.2) is 9.59 Å². The van der Waals surface area contributed by atoms with E-state index in [1.54, 1.807) is 20.8 Å². The van der Waals surface area contributed by atoms with Crippen molar-refractivity contribution >= 4 is 12.1 Å². The van der Waals surface area contributed by atoms with E-state index in [4.69, 9.17) is 56.8 Å². The van der Waals surface area contributed by atoms with Gasteiger partial charge in [-0.2, -0.15) is 0 Å². The zero-order chi connectivity index (χ0) is 64.9. The summed E-state index contributed by atoms with van der Waals surface area (Å²) in [5.41, 5.74) is 19.2. The Labute approximate surface area is 548 Å². The number of azide groups is 1. The maximum Gasteiger partial charge on any atom is 0.407 e. The third-order valence-corrected chi connectivity index (χ3v) is 16.4. The van der Waals surface area contributed by atoms with Gasteiger partial charge in [0.15, 0.2) is 18.6 Å². The highest BCUT2D eigenvalue weighted by molar-refractivity contribution is 5.82. The number of alkyl carbamates (subject to hydrolysis) is 1. The van der Waals surface area contributed by atoms with Crippen molar-refractivity contribution in [1.82, 2.24) is 5.32 Å². The van der Waals surface area contributed by atoms with Crippen LogP contribution in [-0.2, 0) is 101 Å². The second-order valence-corrected chi connectivity index (χ2v) is 24.3. The molecule has 8 aromatic carbocycles. The molecule has 0 radical (unpaired) electrons. The number of benzene rings is 8. The lowest BCUT2D eigenvalue weighted by molar-refractivity contribution is -0.361. The van der Waals surface area contributed by atoms with Gasteiger partial charge in [0.05, 0.1) is 59.5 Å². The summed E-state index contributed by atoms with van der Waals surface area (Å²) in [6.45, 7) is 5.38. The molecule has 0 bridgehead atoms. The maximum atomic E-state index is 14.4. The Hall–Kier alpha value is -8.59. The molecule has 2 fully saturated rings. The van der Waals surface area contributed by atoms with Gasteiger partial charge in [-0.15, -0.1) is 0 Å². The predicted molar refractivity (Wildman–Crippen MR) is 351 cm³/mol. The van der Waals surface area contributed by atoms with Gasteiger partial charge in [-0.1, -0.05) is 236 Å². The minimum atomic E-state index is -1.51. The van der Waals surface area contributed by atoms with Crippen LogP contribution in [-0.4, -0.2) is 111 Å². The Bertz CT molecular complexity index is 3620. The lowest BCUT2D eigenvalue weighted by Gasteiger charge is -2.50. The molecule has 1 N–H and O–H groups in total. The lowest BCUT2D eigenvalue weighted by atomic mass is 9.95. The molecule has 0 spiro atoms. The topological polar surface area (TPSA) is 206 Å². The third-order valence-electron chi connectivity index (χ3n) is 16.4. The molecule has 1 amide bonds. The van der Waals surface area contributed by atoms with E-state index in [1.165, 1.54) is 0 Å². The van der Waals surface area contributed by atoms with Crippen LogP contribution in [0.15, 0.2) is 236 Å². The first-order valence-electron chi connectivity index (χ1n) is 31.9. The van der Waals surface area contributed by atoms with Crippen molar-refractivity contribution in [1.29, 1.82) is 0 Å². The second-order valence-electron chi connectivity index (χ2n) is 24.3. The van der Waals surface area contributed by atoms with Crippen molar-refractivity contribution < 1.29 is 66.4 Å². The Morgan fingerprint density at radius 3 is 1.29 bits per heavy atom. The number of nitrogens with zero attached hydrogens (tertiary/aromatic N) is 3. The normalized spacial score (nSPS) is 22.0. The van der Waals surface area contributed by atoms with Crippen LogP contribution in [0.1, 0.15) is 71.2 Å². The van der Waals surface area contributed by atoms with Crippen LogP contribution in [0.3, 0.4) is 0 Å². The van der Waals surface area contributed by atoms with Crippen molar-refractivity contribution in [2.45, 2.75) is 139 Å². The van der Waals surface area contributed by atoms with Gasteiger partial charge < -0.3 is 62.2 Å². The minimum absolute atomic E-state index is 0.0106. The molecule has 488 valence electrons. The number of ether oxygens (including phenoxy) is 12. The Balaban J connectivity index is 0.957. The first-order valence-corrected chi connectivity index (χ1v) is 31.9. The fourth-order valence-electron chi connectivity index (χ4n) is 11.9. The van der Waals surface area contributed by atoms with Gasteiger partial charge in [-0.3, -0.25) is 0 Å². The number of esters is 1. The number of carbonyl (C=O) groups excluding carboxylic acids is 2. The van der Waals surface area contributed by atoms with Crippen LogP contribution in [0.5, 0.6) is 0 Å². The van der Waals surface area contributed by atoms with Gasteiger partial charge in [-0.05, 0) is 81.9 Å². The molecule has 18 heteroatoms. The highest BCUT2D eigenvalue weighted by atomic mass is 16.7. The summed E-state index contributed by atoms with van der Waals surface area (Å²) in [7, 11) is 0. The number of rotatable bonds is 30. The molecule has 3 aliphatic rings. The second kappa shape index (κ2) is 33.5. The summed E-state index contributed by atoms with van der Waals surface area (Å²) in [4.78, 5) is 31.9. The Morgan fingerprint density at radius 2 is 0.851 bits per heavy atom. The first kappa shape index (κ1) is 66.9. The summed E-state index contributed by atoms with van der Waals surface area (Å²) in [5.74, 6) is -1.09. The van der Waals surface area contributed by atoms with E-state index < -0.39 is 91.7 Å². The van der Waals surface area contributed by atoms with Crippen molar-refractivity contribution in [2.24, 2.45) is 5.11 Å². The molecule has 0 saturated carbocycles. The van der Waals surface area contributed by atoms with Crippen LogP contribution in [0.4, 0.5) is 4.79 Å². The maximum absolute atomic E-state index is 14.4. The molecule has 8 aromatic rings. The molecule has 2 heterocycles. The number of hydrogen-bond donors (Lipinski definition) is 1. The Morgan fingerprint density at radius 1 is 0.468 bits per heavy atom. The number of nitrogens with one attached hydrogen (secondary N) is 1. The molecule has 2 saturated heterocycles. The predicted octanol–water partition coefficient (Wildman–Crippen LogP) is 13.5. The van der Waals surface area contributed by atoms with Crippen molar-refractivity contribution in [3.8, 4) is 11.1 Å². The molecule has 11 atom stereocenters. The summed E-state index contributed by atoms with van der Waals surface area (Å²) >= 11 is 0. The highest BCUT2D eigenvalue weighted by Crippen LogP contribution is 2.45. The summed E-state index contributed by atoms with van der Waals surface area (Å²) in [6, 6.07) is 71.5. The Kier molecular flexibility index (Phi) is 23.8. The molecule has 0 unspecified atom stereocenters. The van der Waals surface area contributed by atoms with Gasteiger partial charge in [0.2, 0.25) is 0 Å². The van der Waals surface area contributed by atoms with E-state index in [-0.39, 0.29) is 65.4 Å². The SMILES string of the molecule is CC(C)(C)OC(=O)[C@H](CO[C@@H]1O[C@H](COCc2ccccc2)[C@H](OCc2ccccc2)[C@H](O[C@@H]2O[C@H](COCc3ccccc3)[C@H](OCc3ccccc3)[C@H](OCc3ccccc3)[C@H]2OCc2ccccc2)[C@H]1N=[N+]=[N-])NC(=O)OCC1c2ccccc2-c2ccccc21. The molecular formula is C76H80N4O14. The number of carbonyl (C=O) groups is 2. The monoisotopic (exact) mass is 1270 g/mol. The molecule has 94 heavy (non-hydrogen) atoms. The third kappa shape index (κ3) is 18.4. The average Bonchev–Trinajstić information content (AvgIpc) is 1.41. The zero-order valence-corrected chi connectivity index (χ0v) is 53.0. The van der Waals surface area contributed by atoms with Crippen molar-refractivity contribution in [3.63, 3.8) is 0 Å². The standard InChI is InChI=1S/C76H80N4O14/c1-76(2,3)94-72(81)63(78-75(82)90-48-62-60-40-24-22-38-58(60)59-39-23-25-41-61(59)62)49-89-73-66(79-80-77)69(67(85-44-54-30-14-6-15-31-54)64(91-73)50-83-42-52-26-10-4-11-27-52)93-74-71(88-47-57-36-20-9-21-37-57)70(87-46-56-34-18-8-19-35-56)68(86-45-55-32-16-7-17-33-55)65(92-74)51-84-43-53-28-12-5-13-29-53/h4-41,62-71,73-74H,42-51H2,1-3H3,(H,78,82)/t63-,64+,65+,66+,67-,68-,69+,70-,71+,73+,74-/m0/s1. The highest BCUT2D eigenvalue weighted by Gasteiger charge is 2.55. The van der Waals surface area contributed by atoms with Crippen LogP contribution in [0, 0.1) is 0 Å². The van der Waals surface area contributed by atoms with E-state index >= 15 is 0 Å². The number of amides is 1. The summed E-state index contributed by atoms with van der Waals surface area (Å²) in [6.07, 6.45) is -10.9. The lowest BCUT2D eigenvalue weighted by Crippen LogP contribution is -2.66. The van der Waals surface area contributed by atoms with E-state index in [9.17, 15) is 15.1 Å². The molecule has 2 aliphatic heterocycles. The van der Waals surface area contributed by atoms with Crippen LogP contribution in [0.2, 0.25) is 0 Å². The largest absolute Gasteiger partial charge is 0.458 e. The average molecular weight is 1270 g/mol.